The van der Waals surface area contributed by atoms with E-state index in [0.29, 0.717) is 13.0 Å². The van der Waals surface area contributed by atoms with Gasteiger partial charge in [-0.25, -0.2) is 0 Å². The van der Waals surface area contributed by atoms with Crippen LogP contribution in [-0.2, 0) is 4.79 Å². The Labute approximate surface area is 87.9 Å². The predicted molar refractivity (Wildman–Crippen MR) is 54.9 cm³/mol. The van der Waals surface area contributed by atoms with E-state index in [0.717, 1.165) is 5.75 Å². The average Bonchev–Trinajstić information content (AvgIpc) is 2.68. The fourth-order valence-electron chi connectivity index (χ4n) is 1.67. The van der Waals surface area contributed by atoms with Gasteiger partial charge in [0.05, 0.1) is 0 Å². The fourth-order valence-corrected chi connectivity index (χ4v) is 1.67. The first-order valence-corrected chi connectivity index (χ1v) is 4.93. The highest BCUT2D eigenvalue weighted by Gasteiger charge is 2.30. The second kappa shape index (κ2) is 4.31. The van der Waals surface area contributed by atoms with Crippen LogP contribution in [-0.4, -0.2) is 29.8 Å². The molecule has 2 rings (SSSR count). The molecule has 0 aromatic heterocycles. The zero-order valence-corrected chi connectivity index (χ0v) is 8.22. The molecule has 0 bridgehead atoms. The lowest BCUT2D eigenvalue weighted by Crippen LogP contribution is -2.30. The summed E-state index contributed by atoms with van der Waals surface area (Å²) in [5.74, 6) is -0.0236. The van der Waals surface area contributed by atoms with Gasteiger partial charge in [0.2, 0.25) is 0 Å². The van der Waals surface area contributed by atoms with Crippen LogP contribution in [0.25, 0.3) is 0 Å². The van der Waals surface area contributed by atoms with Crippen LogP contribution in [0.4, 0.5) is 0 Å². The van der Waals surface area contributed by atoms with Crippen LogP contribution < -0.4 is 10.1 Å². The summed E-state index contributed by atoms with van der Waals surface area (Å²) in [7, 11) is 0. The molecule has 4 heteroatoms. The Bertz CT molecular complexity index is 339. The van der Waals surface area contributed by atoms with Crippen molar-refractivity contribution in [1.29, 1.82) is 0 Å². The molecule has 1 aliphatic heterocycles. The number of ether oxygens (including phenoxy) is 1. The number of benzene rings is 1. The number of hydrogen-bond donors (Lipinski definition) is 2. The molecule has 4 nitrogen and oxygen atoms in total. The molecule has 0 spiro atoms. The monoisotopic (exact) mass is 207 g/mol. The smallest absolute Gasteiger partial charge is 0.320 e. The summed E-state index contributed by atoms with van der Waals surface area (Å²) in [4.78, 5) is 10.7. The maximum absolute atomic E-state index is 10.7. The van der Waals surface area contributed by atoms with Crippen molar-refractivity contribution in [2.24, 2.45) is 0 Å². The van der Waals surface area contributed by atoms with E-state index in [-0.39, 0.29) is 6.10 Å². The third-order valence-corrected chi connectivity index (χ3v) is 2.43. The summed E-state index contributed by atoms with van der Waals surface area (Å²) in [5.41, 5.74) is 0. The first-order chi connectivity index (χ1) is 7.25. The van der Waals surface area contributed by atoms with E-state index in [1.165, 1.54) is 0 Å². The number of carbonyl (C=O) groups is 1. The van der Waals surface area contributed by atoms with Crippen molar-refractivity contribution >= 4 is 5.97 Å². The van der Waals surface area contributed by atoms with Crippen LogP contribution in [0.1, 0.15) is 6.42 Å². The first kappa shape index (κ1) is 9.98. The summed E-state index contributed by atoms with van der Waals surface area (Å²) < 4.78 is 5.63. The fraction of sp³-hybridized carbons (Fsp3) is 0.364. The normalized spacial score (nSPS) is 25.1. The van der Waals surface area contributed by atoms with Crippen LogP contribution in [0, 0.1) is 0 Å². The van der Waals surface area contributed by atoms with E-state index < -0.39 is 12.0 Å². The van der Waals surface area contributed by atoms with Gasteiger partial charge in [-0.2, -0.15) is 0 Å². The zero-order valence-electron chi connectivity index (χ0n) is 8.22. The van der Waals surface area contributed by atoms with Crippen molar-refractivity contribution in [2.75, 3.05) is 6.54 Å². The van der Waals surface area contributed by atoms with Gasteiger partial charge in [-0.1, -0.05) is 18.2 Å². The topological polar surface area (TPSA) is 58.6 Å². The van der Waals surface area contributed by atoms with E-state index >= 15 is 0 Å². The Morgan fingerprint density at radius 2 is 2.13 bits per heavy atom. The molecule has 1 fully saturated rings. The largest absolute Gasteiger partial charge is 0.489 e. The summed E-state index contributed by atoms with van der Waals surface area (Å²) in [5, 5.41) is 11.7. The van der Waals surface area contributed by atoms with Crippen LogP contribution in [0.3, 0.4) is 0 Å². The molecule has 1 saturated heterocycles. The van der Waals surface area contributed by atoms with E-state index in [9.17, 15) is 4.79 Å². The Morgan fingerprint density at radius 1 is 1.40 bits per heavy atom. The van der Waals surface area contributed by atoms with Gasteiger partial charge in [0.15, 0.2) is 0 Å². The van der Waals surface area contributed by atoms with Crippen molar-refractivity contribution in [1.82, 2.24) is 5.32 Å². The Balaban J connectivity index is 1.90. The molecule has 1 aromatic carbocycles. The second-order valence-corrected chi connectivity index (χ2v) is 3.59. The lowest BCUT2D eigenvalue weighted by Gasteiger charge is -2.11. The lowest BCUT2D eigenvalue weighted by molar-refractivity contribution is -0.139. The maximum atomic E-state index is 10.7. The molecular weight excluding hydrogens is 194 g/mol. The number of carboxylic acid groups (broad SMARTS) is 1. The zero-order chi connectivity index (χ0) is 10.7. The highest BCUT2D eigenvalue weighted by atomic mass is 16.5. The molecule has 15 heavy (non-hydrogen) atoms. The third-order valence-electron chi connectivity index (χ3n) is 2.43. The summed E-state index contributed by atoms with van der Waals surface area (Å²) in [6, 6.07) is 8.97. The molecule has 0 aliphatic carbocycles. The minimum absolute atomic E-state index is 0.0477. The SMILES string of the molecule is O=C(O)[C@@H]1C[C@@H](Oc2ccccc2)CN1. The molecule has 2 N–H and O–H groups in total. The number of aliphatic carboxylic acids is 1. The summed E-state index contributed by atoms with van der Waals surface area (Å²) in [6.45, 7) is 0.589. The molecule has 2 atom stereocenters. The maximum Gasteiger partial charge on any atom is 0.320 e. The second-order valence-electron chi connectivity index (χ2n) is 3.59. The van der Waals surface area contributed by atoms with Gasteiger partial charge in [0.25, 0.3) is 0 Å². The predicted octanol–water partition coefficient (Wildman–Crippen LogP) is 0.881. The quantitative estimate of drug-likeness (QED) is 0.772. The van der Waals surface area contributed by atoms with Gasteiger partial charge >= 0.3 is 5.97 Å². The number of rotatable bonds is 3. The average molecular weight is 207 g/mol. The van der Waals surface area contributed by atoms with Crippen molar-refractivity contribution < 1.29 is 14.6 Å². The number of hydrogen-bond acceptors (Lipinski definition) is 3. The Kier molecular flexibility index (Phi) is 2.87. The summed E-state index contributed by atoms with van der Waals surface area (Å²) in [6.07, 6.45) is 0.470. The molecular formula is C11H13NO3. The van der Waals surface area contributed by atoms with E-state index in [1.54, 1.807) is 0 Å². The van der Waals surface area contributed by atoms with Gasteiger partial charge in [-0.3, -0.25) is 4.79 Å². The minimum atomic E-state index is -0.811. The van der Waals surface area contributed by atoms with E-state index in [1.807, 2.05) is 30.3 Å². The van der Waals surface area contributed by atoms with Crippen LogP contribution in [0.5, 0.6) is 5.75 Å². The van der Waals surface area contributed by atoms with Gasteiger partial charge in [0.1, 0.15) is 17.9 Å². The molecule has 0 saturated carbocycles. The van der Waals surface area contributed by atoms with Gasteiger partial charge in [-0.05, 0) is 12.1 Å². The highest BCUT2D eigenvalue weighted by Crippen LogP contribution is 2.16. The molecule has 80 valence electrons. The van der Waals surface area contributed by atoms with E-state index in [4.69, 9.17) is 9.84 Å². The molecule has 1 heterocycles. The van der Waals surface area contributed by atoms with Crippen molar-refractivity contribution in [3.8, 4) is 5.75 Å². The number of para-hydroxylation sites is 1. The van der Waals surface area contributed by atoms with Crippen molar-refractivity contribution in [2.45, 2.75) is 18.6 Å². The van der Waals surface area contributed by atoms with E-state index in [2.05, 4.69) is 5.32 Å². The molecule has 0 unspecified atom stereocenters. The third kappa shape index (κ3) is 2.47. The minimum Gasteiger partial charge on any atom is -0.489 e. The Morgan fingerprint density at radius 3 is 2.73 bits per heavy atom. The lowest BCUT2D eigenvalue weighted by atomic mass is 10.2. The highest BCUT2D eigenvalue weighted by molar-refractivity contribution is 5.73. The van der Waals surface area contributed by atoms with Crippen molar-refractivity contribution in [3.63, 3.8) is 0 Å². The molecule has 0 amide bonds. The van der Waals surface area contributed by atoms with Gasteiger partial charge < -0.3 is 15.2 Å². The first-order valence-electron chi connectivity index (χ1n) is 4.93. The molecule has 0 radical (unpaired) electrons. The van der Waals surface area contributed by atoms with Crippen LogP contribution in [0.15, 0.2) is 30.3 Å². The molecule has 1 aliphatic rings. The van der Waals surface area contributed by atoms with Gasteiger partial charge in [0, 0.05) is 13.0 Å². The molecule has 1 aromatic rings. The Hall–Kier alpha value is -1.55. The number of nitrogens with one attached hydrogen (secondary N) is 1. The standard InChI is InChI=1S/C11H13NO3/c13-11(14)10-6-9(7-12-10)15-8-4-2-1-3-5-8/h1-5,9-10,12H,6-7H2,(H,13,14)/t9-,10+/m1/s1. The summed E-state index contributed by atoms with van der Waals surface area (Å²) >= 11 is 0. The number of carboxylic acids is 1. The van der Waals surface area contributed by atoms with Crippen LogP contribution in [0.2, 0.25) is 0 Å². The van der Waals surface area contributed by atoms with Crippen molar-refractivity contribution in [3.05, 3.63) is 30.3 Å². The van der Waals surface area contributed by atoms with Gasteiger partial charge in [-0.15, -0.1) is 0 Å². The van der Waals surface area contributed by atoms with Crippen LogP contribution >= 0.6 is 0 Å².